The van der Waals surface area contributed by atoms with Crippen molar-refractivity contribution >= 4 is 5.69 Å². The fourth-order valence-corrected chi connectivity index (χ4v) is 2.95. The Morgan fingerprint density at radius 1 is 1.04 bits per heavy atom. The number of ether oxygens (including phenoxy) is 1. The van der Waals surface area contributed by atoms with Crippen LogP contribution in [0.4, 0.5) is 10.1 Å². The van der Waals surface area contributed by atoms with E-state index in [0.29, 0.717) is 32.0 Å². The number of nitrogens with one attached hydrogen (secondary N) is 1. The molecule has 0 spiro atoms. The van der Waals surface area contributed by atoms with Crippen LogP contribution >= 0.6 is 0 Å². The van der Waals surface area contributed by atoms with Crippen molar-refractivity contribution in [2.75, 3.05) is 31.2 Å². The Morgan fingerprint density at radius 3 is 2.50 bits per heavy atom. The van der Waals surface area contributed by atoms with Crippen LogP contribution in [0, 0.1) is 5.82 Å². The number of nitrogens with zero attached hydrogens (tertiary/aromatic N) is 1. The molecule has 0 amide bonds. The molecule has 0 aliphatic carbocycles. The topological polar surface area (TPSA) is 44.7 Å². The van der Waals surface area contributed by atoms with E-state index in [4.69, 9.17) is 4.74 Å². The average Bonchev–Trinajstić information content (AvgIpc) is 2.63. The third kappa shape index (κ3) is 4.12. The second-order valence-corrected chi connectivity index (χ2v) is 5.92. The van der Waals surface area contributed by atoms with E-state index in [2.05, 4.69) is 5.32 Å². The Balaban J connectivity index is 1.58. The van der Waals surface area contributed by atoms with E-state index in [-0.39, 0.29) is 12.4 Å². The SMILES string of the molecule is OCc1ccccc1CNCc1ccc(N2CCOCC2)c(F)c1. The zero-order chi connectivity index (χ0) is 16.8. The summed E-state index contributed by atoms with van der Waals surface area (Å²) in [6, 6.07) is 13.2. The van der Waals surface area contributed by atoms with Gasteiger partial charge in [-0.15, -0.1) is 0 Å². The van der Waals surface area contributed by atoms with Gasteiger partial charge < -0.3 is 20.1 Å². The molecule has 0 bridgehead atoms. The maximum absolute atomic E-state index is 14.4. The fraction of sp³-hybridized carbons (Fsp3) is 0.368. The van der Waals surface area contributed by atoms with Crippen LogP contribution in [0.3, 0.4) is 0 Å². The molecule has 4 nitrogen and oxygen atoms in total. The molecule has 2 aromatic carbocycles. The van der Waals surface area contributed by atoms with Crippen LogP contribution in [0.5, 0.6) is 0 Å². The van der Waals surface area contributed by atoms with Gasteiger partial charge in [0.25, 0.3) is 0 Å². The second kappa shape index (κ2) is 8.24. The molecule has 1 fully saturated rings. The van der Waals surface area contributed by atoms with Gasteiger partial charge in [-0.05, 0) is 28.8 Å². The highest BCUT2D eigenvalue weighted by Gasteiger charge is 2.15. The number of halogens is 1. The maximum atomic E-state index is 14.4. The first-order valence-corrected chi connectivity index (χ1v) is 8.27. The molecule has 2 N–H and O–H groups in total. The van der Waals surface area contributed by atoms with Crippen LogP contribution in [0.25, 0.3) is 0 Å². The van der Waals surface area contributed by atoms with Crippen LogP contribution in [0.2, 0.25) is 0 Å². The zero-order valence-electron chi connectivity index (χ0n) is 13.7. The monoisotopic (exact) mass is 330 g/mol. The highest BCUT2D eigenvalue weighted by Crippen LogP contribution is 2.21. The number of hydrogen-bond acceptors (Lipinski definition) is 4. The van der Waals surface area contributed by atoms with E-state index in [1.54, 1.807) is 6.07 Å². The summed E-state index contributed by atoms with van der Waals surface area (Å²) in [7, 11) is 0. The fourth-order valence-electron chi connectivity index (χ4n) is 2.95. The van der Waals surface area contributed by atoms with Gasteiger partial charge in [-0.1, -0.05) is 30.3 Å². The molecule has 1 aliphatic heterocycles. The Hall–Kier alpha value is -1.95. The molecule has 0 saturated carbocycles. The quantitative estimate of drug-likeness (QED) is 0.854. The summed E-state index contributed by atoms with van der Waals surface area (Å²) in [5.41, 5.74) is 3.53. The van der Waals surface area contributed by atoms with Crippen LogP contribution in [0.1, 0.15) is 16.7 Å². The molecule has 0 unspecified atom stereocenters. The zero-order valence-corrected chi connectivity index (χ0v) is 13.7. The number of anilines is 1. The maximum Gasteiger partial charge on any atom is 0.146 e. The normalized spacial score (nSPS) is 14.8. The van der Waals surface area contributed by atoms with Gasteiger partial charge in [0.15, 0.2) is 0 Å². The average molecular weight is 330 g/mol. The van der Waals surface area contributed by atoms with Crippen molar-refractivity contribution in [3.8, 4) is 0 Å². The number of aliphatic hydroxyl groups excluding tert-OH is 1. The van der Waals surface area contributed by atoms with Gasteiger partial charge in [-0.2, -0.15) is 0 Å². The summed E-state index contributed by atoms with van der Waals surface area (Å²) in [5.74, 6) is -0.188. The van der Waals surface area contributed by atoms with Gasteiger partial charge in [-0.25, -0.2) is 4.39 Å². The first-order valence-electron chi connectivity index (χ1n) is 8.27. The standard InChI is InChI=1S/C19H23FN2O2/c20-18-11-15(5-6-19(18)22-7-9-24-10-8-22)12-21-13-16-3-1-2-4-17(16)14-23/h1-6,11,21,23H,7-10,12-14H2. The van der Waals surface area contributed by atoms with E-state index in [9.17, 15) is 9.50 Å². The molecule has 1 aliphatic rings. The molecule has 0 aromatic heterocycles. The van der Waals surface area contributed by atoms with E-state index >= 15 is 0 Å². The molecule has 0 atom stereocenters. The van der Waals surface area contributed by atoms with Gasteiger partial charge in [-0.3, -0.25) is 0 Å². The number of rotatable bonds is 6. The Kier molecular flexibility index (Phi) is 5.80. The molecule has 24 heavy (non-hydrogen) atoms. The van der Waals surface area contributed by atoms with Crippen LogP contribution < -0.4 is 10.2 Å². The summed E-state index contributed by atoms with van der Waals surface area (Å²) in [4.78, 5) is 2.02. The number of morpholine rings is 1. The van der Waals surface area contributed by atoms with Crippen molar-refractivity contribution in [1.82, 2.24) is 5.32 Å². The Bertz CT molecular complexity index is 672. The molecule has 3 rings (SSSR count). The third-order valence-corrected chi connectivity index (χ3v) is 4.30. The van der Waals surface area contributed by atoms with Crippen molar-refractivity contribution < 1.29 is 14.2 Å². The van der Waals surface area contributed by atoms with Crippen LogP contribution in [-0.2, 0) is 24.4 Å². The molecule has 1 heterocycles. The van der Waals surface area contributed by atoms with E-state index < -0.39 is 0 Å². The lowest BCUT2D eigenvalue weighted by Crippen LogP contribution is -2.36. The molecule has 128 valence electrons. The van der Waals surface area contributed by atoms with Crippen molar-refractivity contribution in [1.29, 1.82) is 0 Å². The predicted molar refractivity (Wildman–Crippen MR) is 92.3 cm³/mol. The second-order valence-electron chi connectivity index (χ2n) is 5.92. The molecule has 2 aromatic rings. The lowest BCUT2D eigenvalue weighted by molar-refractivity contribution is 0.122. The van der Waals surface area contributed by atoms with Gasteiger partial charge in [0, 0.05) is 26.2 Å². The highest BCUT2D eigenvalue weighted by molar-refractivity contribution is 5.49. The van der Waals surface area contributed by atoms with Crippen molar-refractivity contribution in [2.45, 2.75) is 19.7 Å². The minimum absolute atomic E-state index is 0.0285. The van der Waals surface area contributed by atoms with Crippen molar-refractivity contribution in [2.24, 2.45) is 0 Å². The first-order chi connectivity index (χ1) is 11.8. The number of hydrogen-bond donors (Lipinski definition) is 2. The van der Waals surface area contributed by atoms with E-state index in [1.807, 2.05) is 41.3 Å². The van der Waals surface area contributed by atoms with Gasteiger partial charge >= 0.3 is 0 Å². The molecule has 5 heteroatoms. The lowest BCUT2D eigenvalue weighted by atomic mass is 10.1. The Morgan fingerprint density at radius 2 is 1.79 bits per heavy atom. The summed E-state index contributed by atoms with van der Waals surface area (Å²) in [5, 5.41) is 12.6. The summed E-state index contributed by atoms with van der Waals surface area (Å²) >= 11 is 0. The predicted octanol–water partition coefficient (Wildman–Crippen LogP) is 2.44. The minimum Gasteiger partial charge on any atom is -0.392 e. The summed E-state index contributed by atoms with van der Waals surface area (Å²) in [6.45, 7) is 4.00. The molecular weight excluding hydrogens is 307 g/mol. The van der Waals surface area contributed by atoms with Crippen molar-refractivity contribution in [3.05, 3.63) is 65.0 Å². The van der Waals surface area contributed by atoms with E-state index in [1.165, 1.54) is 0 Å². The molecular formula is C19H23FN2O2. The smallest absolute Gasteiger partial charge is 0.146 e. The summed E-state index contributed by atoms with van der Waals surface area (Å²) < 4.78 is 19.7. The molecule has 1 saturated heterocycles. The van der Waals surface area contributed by atoms with Gasteiger partial charge in [0.2, 0.25) is 0 Å². The van der Waals surface area contributed by atoms with Crippen LogP contribution in [0.15, 0.2) is 42.5 Å². The van der Waals surface area contributed by atoms with Crippen LogP contribution in [-0.4, -0.2) is 31.4 Å². The van der Waals surface area contributed by atoms with Gasteiger partial charge in [0.1, 0.15) is 5.82 Å². The highest BCUT2D eigenvalue weighted by atomic mass is 19.1. The largest absolute Gasteiger partial charge is 0.392 e. The molecule has 0 radical (unpaired) electrons. The third-order valence-electron chi connectivity index (χ3n) is 4.30. The number of aliphatic hydroxyl groups is 1. The Labute approximate surface area is 141 Å². The lowest BCUT2D eigenvalue weighted by Gasteiger charge is -2.29. The van der Waals surface area contributed by atoms with Crippen molar-refractivity contribution in [3.63, 3.8) is 0 Å². The minimum atomic E-state index is -0.188. The number of benzene rings is 2. The summed E-state index contributed by atoms with van der Waals surface area (Å²) in [6.07, 6.45) is 0. The first kappa shape index (κ1) is 16.9. The van der Waals surface area contributed by atoms with E-state index in [0.717, 1.165) is 29.8 Å². The van der Waals surface area contributed by atoms with Gasteiger partial charge in [0.05, 0.1) is 25.5 Å².